The maximum atomic E-state index is 15.0. The molecule has 1 aliphatic rings. The Kier molecular flexibility index (Phi) is 7.86. The van der Waals surface area contributed by atoms with Gasteiger partial charge in [-0.05, 0) is 48.7 Å². The van der Waals surface area contributed by atoms with Gasteiger partial charge in [-0.15, -0.1) is 0 Å². The lowest BCUT2D eigenvalue weighted by atomic mass is 9.96. The molecule has 0 amide bonds. The van der Waals surface area contributed by atoms with Crippen molar-refractivity contribution < 1.29 is 23.0 Å². The second kappa shape index (κ2) is 11.3. The average Bonchev–Trinajstić information content (AvgIpc) is 3.28. The second-order valence-corrected chi connectivity index (χ2v) is 10.2. The zero-order valence-corrected chi connectivity index (χ0v) is 22.4. The molecular weight excluding hydrogens is 547 g/mol. The number of alkyl halides is 2. The lowest BCUT2D eigenvalue weighted by Gasteiger charge is -2.25. The standard InChI is InChI=1S/C28H27ClF3N5O3/c1-15-4-3-5-21(19-12-17(8-10-33-19)26-20(35-27(15)39)14-34-36(26)2)37-11-9-16(13-23(37)38)24-22(40-28(31)32)7-6-18(29)25(24)30/h6-15,21,27-28,35,39H,3-5H2,1-2H3. The Hall–Kier alpha value is -3.83. The lowest BCUT2D eigenvalue weighted by molar-refractivity contribution is -0.0495. The molecule has 0 aliphatic carbocycles. The highest BCUT2D eigenvalue weighted by Gasteiger charge is 2.25. The molecule has 3 aromatic heterocycles. The first-order chi connectivity index (χ1) is 19.1. The van der Waals surface area contributed by atoms with Crippen LogP contribution in [-0.2, 0) is 7.05 Å². The van der Waals surface area contributed by atoms with Gasteiger partial charge in [-0.3, -0.25) is 14.5 Å². The van der Waals surface area contributed by atoms with E-state index < -0.39 is 36.0 Å². The number of benzene rings is 1. The molecule has 3 unspecified atom stereocenters. The summed E-state index contributed by atoms with van der Waals surface area (Å²) in [5.41, 5.74) is 2.08. The highest BCUT2D eigenvalue weighted by Crippen LogP contribution is 2.37. The first-order valence-electron chi connectivity index (χ1n) is 12.7. The van der Waals surface area contributed by atoms with Crippen molar-refractivity contribution in [2.45, 2.75) is 45.1 Å². The number of hydrogen-bond donors (Lipinski definition) is 2. The number of aliphatic hydroxyl groups excluding tert-OH is 1. The number of hydrogen-bond acceptors (Lipinski definition) is 6. The molecule has 210 valence electrons. The predicted octanol–water partition coefficient (Wildman–Crippen LogP) is 5.84. The first kappa shape index (κ1) is 27.7. The predicted molar refractivity (Wildman–Crippen MR) is 145 cm³/mol. The van der Waals surface area contributed by atoms with E-state index in [1.165, 1.54) is 22.9 Å². The molecule has 1 aromatic carbocycles. The third kappa shape index (κ3) is 5.44. The summed E-state index contributed by atoms with van der Waals surface area (Å²) >= 11 is 5.91. The summed E-state index contributed by atoms with van der Waals surface area (Å²) in [7, 11) is 1.80. The van der Waals surface area contributed by atoms with Gasteiger partial charge < -0.3 is 19.7 Å². The molecule has 5 rings (SSSR count). The number of aliphatic hydroxyl groups is 1. The molecule has 0 spiro atoms. The fraction of sp³-hybridized carbons (Fsp3) is 0.321. The molecule has 8 nitrogen and oxygen atoms in total. The fourth-order valence-corrected chi connectivity index (χ4v) is 5.24. The monoisotopic (exact) mass is 573 g/mol. The fourth-order valence-electron chi connectivity index (χ4n) is 5.08. The molecule has 4 heterocycles. The number of halogens is 4. The van der Waals surface area contributed by atoms with Crippen molar-refractivity contribution in [3.63, 3.8) is 0 Å². The van der Waals surface area contributed by atoms with Gasteiger partial charge in [-0.2, -0.15) is 13.9 Å². The quantitative estimate of drug-likeness (QED) is 0.318. The minimum absolute atomic E-state index is 0.0501. The van der Waals surface area contributed by atoms with Gasteiger partial charge in [-0.25, -0.2) is 4.39 Å². The number of nitrogens with zero attached hydrogens (tertiary/aromatic N) is 4. The Morgan fingerprint density at radius 3 is 2.73 bits per heavy atom. The smallest absolute Gasteiger partial charge is 0.387 e. The van der Waals surface area contributed by atoms with E-state index in [0.717, 1.165) is 23.4 Å². The van der Waals surface area contributed by atoms with E-state index in [1.54, 1.807) is 24.1 Å². The van der Waals surface area contributed by atoms with Crippen LogP contribution in [0.3, 0.4) is 0 Å². The van der Waals surface area contributed by atoms with Crippen LogP contribution >= 0.6 is 11.6 Å². The van der Waals surface area contributed by atoms with E-state index >= 15 is 0 Å². The maximum absolute atomic E-state index is 15.0. The van der Waals surface area contributed by atoms with Gasteiger partial charge in [0.05, 0.1) is 39.9 Å². The van der Waals surface area contributed by atoms with Crippen LogP contribution < -0.4 is 15.6 Å². The third-order valence-electron chi connectivity index (χ3n) is 7.16. The SMILES string of the molecule is CC1CCCC(n2ccc(-c3c(OC(F)F)ccc(Cl)c3F)cc2=O)c2cc(ccn2)-c2c(cnn2C)NC1O. The molecular formula is C28H27ClF3N5O3. The van der Waals surface area contributed by atoms with Crippen molar-refractivity contribution in [1.82, 2.24) is 19.3 Å². The van der Waals surface area contributed by atoms with Gasteiger partial charge >= 0.3 is 6.61 Å². The third-order valence-corrected chi connectivity index (χ3v) is 7.45. The Balaban J connectivity index is 1.60. The highest BCUT2D eigenvalue weighted by atomic mass is 35.5. The van der Waals surface area contributed by atoms with Crippen molar-refractivity contribution in [3.05, 3.63) is 81.9 Å². The summed E-state index contributed by atoms with van der Waals surface area (Å²) in [6.45, 7) is -1.25. The molecule has 3 atom stereocenters. The molecule has 0 fully saturated rings. The molecule has 1 aliphatic heterocycles. The number of ether oxygens (including phenoxy) is 1. The number of fused-ring (bicyclic) bond motifs is 4. The number of pyridine rings is 2. The van der Waals surface area contributed by atoms with Crippen molar-refractivity contribution >= 4 is 17.3 Å². The van der Waals surface area contributed by atoms with E-state index in [1.807, 2.05) is 19.1 Å². The van der Waals surface area contributed by atoms with Gasteiger partial charge in [0.15, 0.2) is 5.82 Å². The molecule has 0 saturated carbocycles. The first-order valence-corrected chi connectivity index (χ1v) is 13.1. The Morgan fingerprint density at radius 2 is 1.98 bits per heavy atom. The Labute approximate surface area is 233 Å². The summed E-state index contributed by atoms with van der Waals surface area (Å²) < 4.78 is 48.6. The Bertz CT molecular complexity index is 1590. The molecule has 2 bridgehead atoms. The normalized spacial score (nSPS) is 19.4. The maximum Gasteiger partial charge on any atom is 0.387 e. The summed E-state index contributed by atoms with van der Waals surface area (Å²) in [6.07, 6.45) is 5.84. The zero-order chi connectivity index (χ0) is 28.6. The summed E-state index contributed by atoms with van der Waals surface area (Å²) in [5.74, 6) is -1.49. The van der Waals surface area contributed by atoms with Crippen LogP contribution in [0.25, 0.3) is 22.4 Å². The second-order valence-electron chi connectivity index (χ2n) is 9.79. The number of anilines is 1. The molecule has 40 heavy (non-hydrogen) atoms. The van der Waals surface area contributed by atoms with E-state index in [0.29, 0.717) is 30.6 Å². The number of aryl methyl sites for hydroxylation is 1. The minimum Gasteiger partial charge on any atom is -0.434 e. The van der Waals surface area contributed by atoms with E-state index in [-0.39, 0.29) is 22.1 Å². The van der Waals surface area contributed by atoms with Crippen LogP contribution in [0.4, 0.5) is 18.9 Å². The van der Waals surface area contributed by atoms with Crippen molar-refractivity contribution in [2.75, 3.05) is 5.32 Å². The van der Waals surface area contributed by atoms with Crippen LogP contribution in [0.5, 0.6) is 5.75 Å². The lowest BCUT2D eigenvalue weighted by Crippen LogP contribution is -2.28. The average molecular weight is 574 g/mol. The van der Waals surface area contributed by atoms with Gasteiger partial charge in [-0.1, -0.05) is 24.9 Å². The summed E-state index contributed by atoms with van der Waals surface area (Å²) in [5, 5.41) is 18.0. The van der Waals surface area contributed by atoms with Crippen molar-refractivity contribution in [1.29, 1.82) is 0 Å². The number of aromatic nitrogens is 4. The summed E-state index contributed by atoms with van der Waals surface area (Å²) in [6, 6.07) is 8.09. The van der Waals surface area contributed by atoms with Crippen LogP contribution in [0.1, 0.15) is 37.9 Å². The van der Waals surface area contributed by atoms with Crippen LogP contribution in [0.2, 0.25) is 5.02 Å². The van der Waals surface area contributed by atoms with Crippen LogP contribution in [0.15, 0.2) is 59.8 Å². The molecule has 4 aromatic rings. The highest BCUT2D eigenvalue weighted by molar-refractivity contribution is 6.31. The molecule has 0 radical (unpaired) electrons. The van der Waals surface area contributed by atoms with E-state index in [9.17, 15) is 23.1 Å². The largest absolute Gasteiger partial charge is 0.434 e. The van der Waals surface area contributed by atoms with Gasteiger partial charge in [0.2, 0.25) is 0 Å². The van der Waals surface area contributed by atoms with Gasteiger partial charge in [0.1, 0.15) is 12.0 Å². The Morgan fingerprint density at radius 1 is 1.18 bits per heavy atom. The number of rotatable bonds is 4. The van der Waals surface area contributed by atoms with E-state index in [2.05, 4.69) is 20.1 Å². The molecule has 2 N–H and O–H groups in total. The van der Waals surface area contributed by atoms with Crippen LogP contribution in [0, 0.1) is 11.7 Å². The molecule has 0 saturated heterocycles. The van der Waals surface area contributed by atoms with Crippen molar-refractivity contribution in [3.8, 4) is 28.1 Å². The van der Waals surface area contributed by atoms with Gasteiger partial charge in [0.25, 0.3) is 5.56 Å². The number of nitrogens with one attached hydrogen (secondary N) is 1. The topological polar surface area (TPSA) is 94.2 Å². The zero-order valence-electron chi connectivity index (χ0n) is 21.7. The van der Waals surface area contributed by atoms with Crippen LogP contribution in [-0.4, -0.2) is 37.3 Å². The van der Waals surface area contributed by atoms with Gasteiger partial charge in [0, 0.05) is 37.0 Å². The van der Waals surface area contributed by atoms with E-state index in [4.69, 9.17) is 11.6 Å². The van der Waals surface area contributed by atoms with Crippen molar-refractivity contribution in [2.24, 2.45) is 13.0 Å². The summed E-state index contributed by atoms with van der Waals surface area (Å²) in [4.78, 5) is 18.0. The molecule has 12 heteroatoms. The minimum atomic E-state index is -3.19.